The topological polar surface area (TPSA) is 24.9 Å². The molecule has 1 atom stereocenters. The number of aromatic nitrogens is 1. The zero-order valence-electron chi connectivity index (χ0n) is 12.1. The van der Waals surface area contributed by atoms with Crippen molar-refractivity contribution in [3.05, 3.63) is 63.6 Å². The Labute approximate surface area is 133 Å². The number of fused-ring (bicyclic) bond motifs is 1. The Morgan fingerprint density at radius 1 is 1.24 bits per heavy atom. The monoisotopic (exact) mass is 316 g/mol. The molecule has 0 saturated heterocycles. The van der Waals surface area contributed by atoms with Gasteiger partial charge in [-0.15, -0.1) is 11.3 Å². The zero-order chi connectivity index (χ0) is 14.8. The van der Waals surface area contributed by atoms with E-state index in [0.717, 1.165) is 27.5 Å². The van der Waals surface area contributed by atoms with Crippen LogP contribution in [0.25, 0.3) is 10.2 Å². The number of nitrogens with one attached hydrogen (secondary N) is 1. The normalized spacial score (nSPS) is 12.7. The maximum absolute atomic E-state index is 6.39. The molecule has 1 aromatic heterocycles. The average Bonchev–Trinajstić information content (AvgIpc) is 2.88. The van der Waals surface area contributed by atoms with E-state index in [0.29, 0.717) is 0 Å². The number of hydrogen-bond acceptors (Lipinski definition) is 3. The lowest BCUT2D eigenvalue weighted by atomic mass is 10.0. The van der Waals surface area contributed by atoms with Gasteiger partial charge in [-0.3, -0.25) is 0 Å². The Morgan fingerprint density at radius 2 is 2.05 bits per heavy atom. The maximum atomic E-state index is 6.39. The van der Waals surface area contributed by atoms with Crippen LogP contribution < -0.4 is 5.32 Å². The Bertz CT molecular complexity index is 733. The molecule has 0 saturated carbocycles. The van der Waals surface area contributed by atoms with E-state index < -0.39 is 0 Å². The molecular weight excluding hydrogens is 300 g/mol. The molecule has 0 fully saturated rings. The molecule has 1 unspecified atom stereocenters. The summed E-state index contributed by atoms with van der Waals surface area (Å²) in [7, 11) is 1.94. The zero-order valence-corrected chi connectivity index (χ0v) is 13.6. The van der Waals surface area contributed by atoms with Gasteiger partial charge in [-0.2, -0.15) is 0 Å². The van der Waals surface area contributed by atoms with Gasteiger partial charge in [0.2, 0.25) is 0 Å². The summed E-state index contributed by atoms with van der Waals surface area (Å²) in [5.74, 6) is 0. The van der Waals surface area contributed by atoms with Gasteiger partial charge in [-0.1, -0.05) is 35.9 Å². The number of nitrogens with zero attached hydrogens (tertiary/aromatic N) is 1. The fourth-order valence-corrected chi connectivity index (χ4v) is 3.73. The second kappa shape index (κ2) is 6.14. The van der Waals surface area contributed by atoms with E-state index in [1.807, 2.05) is 13.1 Å². The highest BCUT2D eigenvalue weighted by molar-refractivity contribution is 7.18. The number of thiazole rings is 1. The van der Waals surface area contributed by atoms with Crippen molar-refractivity contribution in [3.8, 4) is 0 Å². The van der Waals surface area contributed by atoms with Gasteiger partial charge in [-0.25, -0.2) is 4.98 Å². The Kier molecular flexibility index (Phi) is 4.24. The van der Waals surface area contributed by atoms with Crippen LogP contribution in [0.4, 0.5) is 0 Å². The minimum Gasteiger partial charge on any atom is -0.313 e. The van der Waals surface area contributed by atoms with Crippen molar-refractivity contribution in [2.45, 2.75) is 19.4 Å². The number of rotatable bonds is 4. The predicted molar refractivity (Wildman–Crippen MR) is 91.4 cm³/mol. The van der Waals surface area contributed by atoms with Crippen molar-refractivity contribution >= 4 is 33.2 Å². The van der Waals surface area contributed by atoms with E-state index in [-0.39, 0.29) is 6.04 Å². The summed E-state index contributed by atoms with van der Waals surface area (Å²) >= 11 is 8.14. The molecule has 0 radical (unpaired) electrons. The van der Waals surface area contributed by atoms with E-state index in [1.54, 1.807) is 11.3 Å². The average molecular weight is 317 g/mol. The lowest BCUT2D eigenvalue weighted by Gasteiger charge is -2.13. The molecule has 1 heterocycles. The SMILES string of the molecule is CNC(C)c1ccc(Cc2nc3ccccc3s2)cc1Cl. The molecule has 2 nitrogen and oxygen atoms in total. The minimum atomic E-state index is 0.258. The highest BCUT2D eigenvalue weighted by Gasteiger charge is 2.10. The fourth-order valence-electron chi connectivity index (χ4n) is 2.36. The van der Waals surface area contributed by atoms with Gasteiger partial charge in [0.15, 0.2) is 0 Å². The first kappa shape index (κ1) is 14.5. The predicted octanol–water partition coefficient (Wildman–Crippen LogP) is 4.82. The lowest BCUT2D eigenvalue weighted by Crippen LogP contribution is -2.12. The van der Waals surface area contributed by atoms with E-state index in [4.69, 9.17) is 11.6 Å². The van der Waals surface area contributed by atoms with E-state index in [1.165, 1.54) is 10.3 Å². The lowest BCUT2D eigenvalue weighted by molar-refractivity contribution is 0.652. The van der Waals surface area contributed by atoms with Crippen LogP contribution in [0.2, 0.25) is 5.02 Å². The summed E-state index contributed by atoms with van der Waals surface area (Å²) in [4.78, 5) is 4.67. The van der Waals surface area contributed by atoms with Gasteiger partial charge in [-0.05, 0) is 43.3 Å². The third kappa shape index (κ3) is 3.10. The minimum absolute atomic E-state index is 0.258. The molecule has 0 aliphatic carbocycles. The number of hydrogen-bond donors (Lipinski definition) is 1. The van der Waals surface area contributed by atoms with Gasteiger partial charge in [0.05, 0.1) is 15.2 Å². The molecule has 0 bridgehead atoms. The van der Waals surface area contributed by atoms with Gasteiger partial charge in [0.1, 0.15) is 0 Å². The summed E-state index contributed by atoms with van der Waals surface area (Å²) in [5.41, 5.74) is 3.40. The van der Waals surface area contributed by atoms with Crippen molar-refractivity contribution in [2.24, 2.45) is 0 Å². The van der Waals surface area contributed by atoms with Gasteiger partial charge in [0.25, 0.3) is 0 Å². The molecule has 1 N–H and O–H groups in total. The summed E-state index contributed by atoms with van der Waals surface area (Å²) in [6.45, 7) is 2.11. The number of benzene rings is 2. The van der Waals surface area contributed by atoms with Gasteiger partial charge >= 0.3 is 0 Å². The molecule has 108 valence electrons. The Balaban J connectivity index is 1.86. The number of para-hydroxylation sites is 1. The van der Waals surface area contributed by atoms with Crippen LogP contribution in [0.15, 0.2) is 42.5 Å². The second-order valence-corrected chi connectivity index (χ2v) is 6.64. The molecule has 4 heteroatoms. The summed E-state index contributed by atoms with van der Waals surface area (Å²) in [6, 6.07) is 14.8. The Morgan fingerprint density at radius 3 is 2.76 bits per heavy atom. The van der Waals surface area contributed by atoms with E-state index >= 15 is 0 Å². The highest BCUT2D eigenvalue weighted by atomic mass is 35.5. The first-order valence-electron chi connectivity index (χ1n) is 6.97. The highest BCUT2D eigenvalue weighted by Crippen LogP contribution is 2.27. The first-order chi connectivity index (χ1) is 10.2. The summed E-state index contributed by atoms with van der Waals surface area (Å²) < 4.78 is 1.24. The summed E-state index contributed by atoms with van der Waals surface area (Å²) in [5, 5.41) is 5.16. The molecular formula is C17H17ClN2S. The van der Waals surface area contributed by atoms with Crippen molar-refractivity contribution in [2.75, 3.05) is 7.05 Å². The molecule has 2 aromatic carbocycles. The van der Waals surface area contributed by atoms with Crippen LogP contribution >= 0.6 is 22.9 Å². The fraction of sp³-hybridized carbons (Fsp3) is 0.235. The van der Waals surface area contributed by atoms with Gasteiger partial charge in [0, 0.05) is 17.5 Å². The van der Waals surface area contributed by atoms with E-state index in [2.05, 4.69) is 53.6 Å². The van der Waals surface area contributed by atoms with Crippen molar-refractivity contribution in [1.82, 2.24) is 10.3 Å². The van der Waals surface area contributed by atoms with Crippen LogP contribution in [0, 0.1) is 0 Å². The molecule has 0 amide bonds. The third-order valence-corrected chi connectivity index (χ3v) is 5.02. The quantitative estimate of drug-likeness (QED) is 0.746. The van der Waals surface area contributed by atoms with Crippen LogP contribution in [0.1, 0.15) is 29.1 Å². The van der Waals surface area contributed by atoms with Crippen LogP contribution in [0.5, 0.6) is 0 Å². The van der Waals surface area contributed by atoms with Crippen LogP contribution in [-0.4, -0.2) is 12.0 Å². The molecule has 0 aliphatic heterocycles. The summed E-state index contributed by atoms with van der Waals surface area (Å²) in [6.07, 6.45) is 0.827. The van der Waals surface area contributed by atoms with Crippen molar-refractivity contribution < 1.29 is 0 Å². The number of halogens is 1. The molecule has 3 aromatic rings. The Hall–Kier alpha value is -1.42. The molecule has 0 spiro atoms. The third-order valence-electron chi connectivity index (χ3n) is 3.66. The molecule has 3 rings (SSSR count). The van der Waals surface area contributed by atoms with Gasteiger partial charge < -0.3 is 5.32 Å². The smallest absolute Gasteiger partial charge is 0.0982 e. The first-order valence-corrected chi connectivity index (χ1v) is 8.17. The second-order valence-electron chi connectivity index (χ2n) is 5.12. The van der Waals surface area contributed by atoms with Crippen LogP contribution in [-0.2, 0) is 6.42 Å². The van der Waals surface area contributed by atoms with Crippen molar-refractivity contribution in [3.63, 3.8) is 0 Å². The van der Waals surface area contributed by atoms with Crippen molar-refractivity contribution in [1.29, 1.82) is 0 Å². The molecule has 0 aliphatic rings. The largest absolute Gasteiger partial charge is 0.313 e. The maximum Gasteiger partial charge on any atom is 0.0982 e. The van der Waals surface area contributed by atoms with Crippen LogP contribution in [0.3, 0.4) is 0 Å². The standard InChI is InChI=1S/C17H17ClN2S/c1-11(19-2)13-8-7-12(9-14(13)18)10-17-20-15-5-3-4-6-16(15)21-17/h3-9,11,19H,10H2,1-2H3. The molecule has 21 heavy (non-hydrogen) atoms. The van der Waals surface area contributed by atoms with E-state index in [9.17, 15) is 0 Å².